The average Bonchev–Trinajstić information content (AvgIpc) is 2.88. The van der Waals surface area contributed by atoms with E-state index < -0.39 is 0 Å². The second-order valence-corrected chi connectivity index (χ2v) is 6.57. The second kappa shape index (κ2) is 5.27. The quantitative estimate of drug-likeness (QED) is 0.762. The third-order valence-corrected chi connectivity index (χ3v) is 5.08. The molecule has 0 spiro atoms. The van der Waals surface area contributed by atoms with Crippen LogP contribution < -0.4 is 5.32 Å². The number of hydrogen-bond acceptors (Lipinski definition) is 2. The van der Waals surface area contributed by atoms with Crippen LogP contribution in [0, 0.1) is 17.8 Å². The van der Waals surface area contributed by atoms with Crippen LogP contribution >= 0.6 is 0 Å². The summed E-state index contributed by atoms with van der Waals surface area (Å²) in [6.45, 7) is 7.64. The third kappa shape index (κ3) is 2.85. The van der Waals surface area contributed by atoms with Crippen LogP contribution in [0.4, 0.5) is 0 Å². The van der Waals surface area contributed by atoms with Crippen LogP contribution in [0.15, 0.2) is 0 Å². The maximum Gasteiger partial charge on any atom is 0.0226 e. The SMILES string of the molecule is CCCN(CC1CC1)CC1NCC2CCCC21. The summed E-state index contributed by atoms with van der Waals surface area (Å²) in [4.78, 5) is 2.75. The fourth-order valence-corrected chi connectivity index (χ4v) is 4.02. The van der Waals surface area contributed by atoms with Gasteiger partial charge in [-0.25, -0.2) is 0 Å². The van der Waals surface area contributed by atoms with Gasteiger partial charge in [-0.15, -0.1) is 0 Å². The standard InChI is InChI=1S/C15H28N2/c1-2-8-17(10-12-6-7-12)11-15-14-5-3-4-13(14)9-16-15/h12-16H,2-11H2,1H3. The first kappa shape index (κ1) is 12.0. The van der Waals surface area contributed by atoms with E-state index in [0.717, 1.165) is 23.8 Å². The molecule has 3 aliphatic rings. The van der Waals surface area contributed by atoms with Crippen LogP contribution in [0.1, 0.15) is 45.4 Å². The topological polar surface area (TPSA) is 15.3 Å². The van der Waals surface area contributed by atoms with Gasteiger partial charge in [0.2, 0.25) is 0 Å². The van der Waals surface area contributed by atoms with E-state index in [1.807, 2.05) is 0 Å². The van der Waals surface area contributed by atoms with E-state index in [-0.39, 0.29) is 0 Å². The lowest BCUT2D eigenvalue weighted by molar-refractivity contribution is 0.218. The highest BCUT2D eigenvalue weighted by Gasteiger charge is 2.39. The molecule has 3 atom stereocenters. The van der Waals surface area contributed by atoms with Gasteiger partial charge < -0.3 is 10.2 Å². The number of hydrogen-bond donors (Lipinski definition) is 1. The van der Waals surface area contributed by atoms with Crippen LogP contribution in [-0.2, 0) is 0 Å². The molecule has 3 fully saturated rings. The number of fused-ring (bicyclic) bond motifs is 1. The largest absolute Gasteiger partial charge is 0.312 e. The summed E-state index contributed by atoms with van der Waals surface area (Å²) in [6.07, 6.45) is 8.77. The Hall–Kier alpha value is -0.0800. The van der Waals surface area contributed by atoms with E-state index in [9.17, 15) is 0 Å². The molecule has 1 N–H and O–H groups in total. The number of nitrogens with zero attached hydrogens (tertiary/aromatic N) is 1. The van der Waals surface area contributed by atoms with Gasteiger partial charge in [-0.3, -0.25) is 0 Å². The summed E-state index contributed by atoms with van der Waals surface area (Å²) in [6, 6.07) is 0.813. The molecule has 0 aromatic carbocycles. The predicted molar refractivity (Wildman–Crippen MR) is 72.1 cm³/mol. The van der Waals surface area contributed by atoms with Crippen molar-refractivity contribution in [3.8, 4) is 0 Å². The van der Waals surface area contributed by atoms with Gasteiger partial charge >= 0.3 is 0 Å². The normalized spacial score (nSPS) is 36.7. The fraction of sp³-hybridized carbons (Fsp3) is 1.00. The average molecular weight is 236 g/mol. The van der Waals surface area contributed by atoms with E-state index in [1.54, 1.807) is 0 Å². The van der Waals surface area contributed by atoms with Gasteiger partial charge in [0.15, 0.2) is 0 Å². The van der Waals surface area contributed by atoms with E-state index >= 15 is 0 Å². The van der Waals surface area contributed by atoms with E-state index in [4.69, 9.17) is 0 Å². The highest BCUT2D eigenvalue weighted by Crippen LogP contribution is 2.38. The van der Waals surface area contributed by atoms with Crippen molar-refractivity contribution in [2.75, 3.05) is 26.2 Å². The maximum atomic E-state index is 3.80. The van der Waals surface area contributed by atoms with Crippen LogP contribution in [-0.4, -0.2) is 37.1 Å². The monoisotopic (exact) mass is 236 g/mol. The van der Waals surface area contributed by atoms with Gasteiger partial charge in [0.05, 0.1) is 0 Å². The minimum atomic E-state index is 0.813. The summed E-state index contributed by atoms with van der Waals surface area (Å²) in [5, 5.41) is 3.80. The van der Waals surface area contributed by atoms with Crippen LogP contribution in [0.3, 0.4) is 0 Å². The molecular weight excluding hydrogens is 208 g/mol. The van der Waals surface area contributed by atoms with Crippen molar-refractivity contribution in [1.29, 1.82) is 0 Å². The first-order valence-corrected chi connectivity index (χ1v) is 7.82. The molecule has 98 valence electrons. The Balaban J connectivity index is 1.52. The minimum absolute atomic E-state index is 0.813. The molecule has 2 saturated carbocycles. The zero-order valence-corrected chi connectivity index (χ0v) is 11.3. The van der Waals surface area contributed by atoms with Crippen molar-refractivity contribution < 1.29 is 0 Å². The highest BCUT2D eigenvalue weighted by molar-refractivity contribution is 4.95. The van der Waals surface area contributed by atoms with Gasteiger partial charge in [0.25, 0.3) is 0 Å². The number of nitrogens with one attached hydrogen (secondary N) is 1. The summed E-state index contributed by atoms with van der Waals surface area (Å²) in [5.74, 6) is 3.07. The molecule has 2 heteroatoms. The molecule has 0 bridgehead atoms. The lowest BCUT2D eigenvalue weighted by Gasteiger charge is -2.28. The van der Waals surface area contributed by atoms with Gasteiger partial charge in [-0.1, -0.05) is 13.3 Å². The molecule has 0 radical (unpaired) electrons. The Bertz CT molecular complexity index is 249. The van der Waals surface area contributed by atoms with Crippen LogP contribution in [0.25, 0.3) is 0 Å². The first-order valence-electron chi connectivity index (χ1n) is 7.82. The second-order valence-electron chi connectivity index (χ2n) is 6.57. The molecule has 17 heavy (non-hydrogen) atoms. The Morgan fingerprint density at radius 2 is 2.00 bits per heavy atom. The highest BCUT2D eigenvalue weighted by atomic mass is 15.2. The zero-order valence-electron chi connectivity index (χ0n) is 11.3. The molecule has 0 amide bonds. The van der Waals surface area contributed by atoms with Crippen molar-refractivity contribution in [1.82, 2.24) is 10.2 Å². The summed E-state index contributed by atoms with van der Waals surface area (Å²) >= 11 is 0. The molecule has 3 unspecified atom stereocenters. The molecule has 0 aromatic rings. The molecular formula is C15H28N2. The van der Waals surface area contributed by atoms with E-state index in [2.05, 4.69) is 17.1 Å². The van der Waals surface area contributed by atoms with E-state index in [1.165, 1.54) is 64.7 Å². The molecule has 0 aromatic heterocycles. The van der Waals surface area contributed by atoms with E-state index in [0.29, 0.717) is 0 Å². The molecule has 3 rings (SSSR count). The molecule has 2 aliphatic carbocycles. The van der Waals surface area contributed by atoms with Gasteiger partial charge in [0.1, 0.15) is 0 Å². The molecule has 1 aliphatic heterocycles. The molecule has 2 nitrogen and oxygen atoms in total. The minimum Gasteiger partial charge on any atom is -0.312 e. The lowest BCUT2D eigenvalue weighted by Crippen LogP contribution is -2.41. The first-order chi connectivity index (χ1) is 8.36. The van der Waals surface area contributed by atoms with Crippen molar-refractivity contribution in [2.45, 2.75) is 51.5 Å². The maximum absolute atomic E-state index is 3.80. The fourth-order valence-electron chi connectivity index (χ4n) is 4.02. The summed E-state index contributed by atoms with van der Waals surface area (Å²) in [5.41, 5.74) is 0. The molecule has 1 heterocycles. The van der Waals surface area contributed by atoms with Crippen molar-refractivity contribution in [2.24, 2.45) is 17.8 Å². The number of rotatable bonds is 6. The van der Waals surface area contributed by atoms with Crippen molar-refractivity contribution in [3.63, 3.8) is 0 Å². The van der Waals surface area contributed by atoms with Gasteiger partial charge in [0, 0.05) is 19.1 Å². The smallest absolute Gasteiger partial charge is 0.0226 e. The van der Waals surface area contributed by atoms with Crippen molar-refractivity contribution in [3.05, 3.63) is 0 Å². The Morgan fingerprint density at radius 1 is 1.12 bits per heavy atom. The Morgan fingerprint density at radius 3 is 2.76 bits per heavy atom. The lowest BCUT2D eigenvalue weighted by atomic mass is 9.94. The predicted octanol–water partition coefficient (Wildman–Crippen LogP) is 2.50. The summed E-state index contributed by atoms with van der Waals surface area (Å²) < 4.78 is 0. The van der Waals surface area contributed by atoms with Crippen LogP contribution in [0.2, 0.25) is 0 Å². The zero-order chi connectivity index (χ0) is 11.7. The van der Waals surface area contributed by atoms with Gasteiger partial charge in [-0.05, 0) is 62.9 Å². The van der Waals surface area contributed by atoms with Crippen LogP contribution in [0.5, 0.6) is 0 Å². The van der Waals surface area contributed by atoms with Crippen molar-refractivity contribution >= 4 is 0 Å². The van der Waals surface area contributed by atoms with Gasteiger partial charge in [-0.2, -0.15) is 0 Å². The summed E-state index contributed by atoms with van der Waals surface area (Å²) in [7, 11) is 0. The Labute approximate surface area is 106 Å². The Kier molecular flexibility index (Phi) is 3.72. The third-order valence-electron chi connectivity index (χ3n) is 5.08. The molecule has 1 saturated heterocycles.